The number of nitro groups is 1. The van der Waals surface area contributed by atoms with E-state index in [0.29, 0.717) is 22.1 Å². The average molecular weight is 363 g/mol. The van der Waals surface area contributed by atoms with Gasteiger partial charge in [-0.25, -0.2) is 0 Å². The Hall–Kier alpha value is -3.06. The molecule has 0 fully saturated rings. The Morgan fingerprint density at radius 1 is 1.16 bits per heavy atom. The third kappa shape index (κ3) is 4.71. The van der Waals surface area contributed by atoms with E-state index in [0.717, 1.165) is 0 Å². The van der Waals surface area contributed by atoms with Gasteiger partial charge >= 0.3 is 0 Å². The summed E-state index contributed by atoms with van der Waals surface area (Å²) in [7, 11) is 2.91. The molecule has 0 aliphatic heterocycles. The third-order valence-corrected chi connectivity index (χ3v) is 3.49. The maximum absolute atomic E-state index is 12.1. The van der Waals surface area contributed by atoms with Gasteiger partial charge in [-0.05, 0) is 30.3 Å². The van der Waals surface area contributed by atoms with Crippen LogP contribution in [-0.4, -0.2) is 25.1 Å². The molecule has 0 atom stereocenters. The molecule has 0 saturated carbocycles. The second kappa shape index (κ2) is 8.16. The summed E-state index contributed by atoms with van der Waals surface area (Å²) in [6, 6.07) is 8.94. The molecule has 0 saturated heterocycles. The number of nitrogens with zero attached hydrogens (tertiary/aromatic N) is 1. The number of hydrogen-bond donors (Lipinski definition) is 1. The highest BCUT2D eigenvalue weighted by atomic mass is 35.5. The summed E-state index contributed by atoms with van der Waals surface area (Å²) in [5, 5.41) is 13.9. The first-order valence-corrected chi connectivity index (χ1v) is 7.47. The lowest BCUT2D eigenvalue weighted by Crippen LogP contribution is -2.09. The summed E-state index contributed by atoms with van der Waals surface area (Å²) in [4.78, 5) is 22.4. The first-order chi connectivity index (χ1) is 11.9. The lowest BCUT2D eigenvalue weighted by Gasteiger charge is -2.08. The van der Waals surface area contributed by atoms with Gasteiger partial charge in [-0.1, -0.05) is 11.6 Å². The fourth-order valence-corrected chi connectivity index (χ4v) is 2.26. The highest BCUT2D eigenvalue weighted by Gasteiger charge is 2.12. The quantitative estimate of drug-likeness (QED) is 0.478. The Morgan fingerprint density at radius 3 is 2.48 bits per heavy atom. The first kappa shape index (κ1) is 18.3. The minimum atomic E-state index is -0.554. The second-order valence-electron chi connectivity index (χ2n) is 4.85. The number of carbonyl (C=O) groups is 1. The van der Waals surface area contributed by atoms with E-state index >= 15 is 0 Å². The van der Waals surface area contributed by atoms with Crippen molar-refractivity contribution in [3.63, 3.8) is 0 Å². The number of amides is 1. The summed E-state index contributed by atoms with van der Waals surface area (Å²) in [6.45, 7) is 0. The summed E-state index contributed by atoms with van der Waals surface area (Å²) in [5.41, 5.74) is 0.664. The Kier molecular flexibility index (Phi) is 5.97. The van der Waals surface area contributed by atoms with Gasteiger partial charge < -0.3 is 14.8 Å². The van der Waals surface area contributed by atoms with Gasteiger partial charge in [0.2, 0.25) is 5.91 Å². The molecule has 1 amide bonds. The van der Waals surface area contributed by atoms with E-state index in [1.54, 1.807) is 18.2 Å². The molecular formula is C17H15ClN2O5. The number of nitrogens with one attached hydrogen (secondary N) is 1. The van der Waals surface area contributed by atoms with Crippen LogP contribution in [0.5, 0.6) is 11.5 Å². The normalized spacial score (nSPS) is 10.5. The van der Waals surface area contributed by atoms with Crippen LogP contribution in [0, 0.1) is 10.1 Å². The van der Waals surface area contributed by atoms with Crippen molar-refractivity contribution < 1.29 is 19.2 Å². The molecule has 0 unspecified atom stereocenters. The van der Waals surface area contributed by atoms with Crippen molar-refractivity contribution in [3.05, 3.63) is 63.2 Å². The Bertz CT molecular complexity index is 836. The number of carbonyl (C=O) groups excluding carboxylic acids is 1. The number of nitro benzene ring substituents is 1. The number of non-ortho nitro benzene ring substituents is 1. The molecule has 2 rings (SSSR count). The predicted molar refractivity (Wildman–Crippen MR) is 95.3 cm³/mol. The number of rotatable bonds is 6. The van der Waals surface area contributed by atoms with Crippen LogP contribution < -0.4 is 14.8 Å². The monoisotopic (exact) mass is 362 g/mol. The van der Waals surface area contributed by atoms with Crippen LogP contribution in [0.3, 0.4) is 0 Å². The second-order valence-corrected chi connectivity index (χ2v) is 5.29. The first-order valence-electron chi connectivity index (χ1n) is 7.09. The molecule has 0 aliphatic carbocycles. The molecule has 1 N–H and O–H groups in total. The van der Waals surface area contributed by atoms with E-state index in [4.69, 9.17) is 21.1 Å². The summed E-state index contributed by atoms with van der Waals surface area (Å²) < 4.78 is 10.3. The minimum absolute atomic E-state index is 0.156. The van der Waals surface area contributed by atoms with Crippen molar-refractivity contribution in [1.82, 2.24) is 0 Å². The summed E-state index contributed by atoms with van der Waals surface area (Å²) in [6.07, 6.45) is 2.80. The van der Waals surface area contributed by atoms with Crippen LogP contribution in [0.2, 0.25) is 5.02 Å². The van der Waals surface area contributed by atoms with Crippen LogP contribution in [0.25, 0.3) is 6.08 Å². The maximum atomic E-state index is 12.1. The topological polar surface area (TPSA) is 90.7 Å². The van der Waals surface area contributed by atoms with Crippen molar-refractivity contribution >= 4 is 35.0 Å². The molecule has 0 aromatic heterocycles. The molecule has 0 aliphatic rings. The van der Waals surface area contributed by atoms with Crippen LogP contribution in [0.15, 0.2) is 42.5 Å². The largest absolute Gasteiger partial charge is 0.496 e. The van der Waals surface area contributed by atoms with E-state index in [9.17, 15) is 14.9 Å². The van der Waals surface area contributed by atoms with Gasteiger partial charge in [-0.3, -0.25) is 14.9 Å². The van der Waals surface area contributed by atoms with E-state index < -0.39 is 10.8 Å². The smallest absolute Gasteiger partial charge is 0.271 e. The predicted octanol–water partition coefficient (Wildman–Crippen LogP) is 3.92. The molecule has 2 aromatic carbocycles. The molecule has 2 aromatic rings. The maximum Gasteiger partial charge on any atom is 0.271 e. The molecule has 7 nitrogen and oxygen atoms in total. The van der Waals surface area contributed by atoms with Gasteiger partial charge in [0.15, 0.2) is 0 Å². The molecular weight excluding hydrogens is 348 g/mol. The van der Waals surface area contributed by atoms with Crippen molar-refractivity contribution in [2.45, 2.75) is 0 Å². The zero-order valence-corrected chi connectivity index (χ0v) is 14.2. The highest BCUT2D eigenvalue weighted by molar-refractivity contribution is 6.30. The molecule has 8 heteroatoms. The molecule has 0 radical (unpaired) electrons. The van der Waals surface area contributed by atoms with E-state index in [-0.39, 0.29) is 11.4 Å². The van der Waals surface area contributed by atoms with Crippen molar-refractivity contribution in [3.8, 4) is 11.5 Å². The fraction of sp³-hybridized carbons (Fsp3) is 0.118. The van der Waals surface area contributed by atoms with Crippen LogP contribution in [-0.2, 0) is 4.79 Å². The summed E-state index contributed by atoms with van der Waals surface area (Å²) in [5.74, 6) is 0.384. The molecule has 0 heterocycles. The van der Waals surface area contributed by atoms with Gasteiger partial charge in [0, 0.05) is 28.8 Å². The van der Waals surface area contributed by atoms with E-state index in [1.807, 2.05) is 0 Å². The lowest BCUT2D eigenvalue weighted by molar-refractivity contribution is -0.384. The van der Waals surface area contributed by atoms with E-state index in [2.05, 4.69) is 5.32 Å². The zero-order chi connectivity index (χ0) is 18.4. The van der Waals surface area contributed by atoms with Crippen molar-refractivity contribution in [1.29, 1.82) is 0 Å². The van der Waals surface area contributed by atoms with Crippen molar-refractivity contribution in [2.75, 3.05) is 19.5 Å². The number of hydrogen-bond acceptors (Lipinski definition) is 5. The SMILES string of the molecule is COc1ccc(Cl)cc1/C=C/C(=O)Nc1cc([N+](=O)[O-])ccc1OC. The number of ether oxygens (including phenoxy) is 2. The minimum Gasteiger partial charge on any atom is -0.496 e. The van der Waals surface area contributed by atoms with Gasteiger partial charge in [-0.15, -0.1) is 0 Å². The van der Waals surface area contributed by atoms with Crippen molar-refractivity contribution in [2.24, 2.45) is 0 Å². The number of methoxy groups -OCH3 is 2. The van der Waals surface area contributed by atoms with E-state index in [1.165, 1.54) is 44.6 Å². The zero-order valence-electron chi connectivity index (χ0n) is 13.5. The Balaban J connectivity index is 2.21. The summed E-state index contributed by atoms with van der Waals surface area (Å²) >= 11 is 5.94. The van der Waals surface area contributed by atoms with Gasteiger partial charge in [0.1, 0.15) is 11.5 Å². The van der Waals surface area contributed by atoms with Gasteiger partial charge in [0.05, 0.1) is 24.8 Å². The third-order valence-electron chi connectivity index (χ3n) is 3.26. The number of benzene rings is 2. The molecule has 25 heavy (non-hydrogen) atoms. The standard InChI is InChI=1S/C17H15ClN2O5/c1-24-15-6-4-12(18)9-11(15)3-8-17(21)19-14-10-13(20(22)23)5-7-16(14)25-2/h3-10H,1-2H3,(H,19,21)/b8-3+. The van der Waals surface area contributed by atoms with Gasteiger partial charge in [-0.2, -0.15) is 0 Å². The number of anilines is 1. The van der Waals surface area contributed by atoms with Crippen LogP contribution in [0.1, 0.15) is 5.56 Å². The average Bonchev–Trinajstić information content (AvgIpc) is 2.60. The van der Waals surface area contributed by atoms with Crippen LogP contribution >= 0.6 is 11.6 Å². The van der Waals surface area contributed by atoms with Gasteiger partial charge in [0.25, 0.3) is 5.69 Å². The number of halogens is 1. The lowest BCUT2D eigenvalue weighted by atomic mass is 10.2. The van der Waals surface area contributed by atoms with Crippen LogP contribution in [0.4, 0.5) is 11.4 Å². The molecule has 0 spiro atoms. The highest BCUT2D eigenvalue weighted by Crippen LogP contribution is 2.29. The molecule has 0 bridgehead atoms. The Morgan fingerprint density at radius 2 is 1.84 bits per heavy atom. The Labute approximate surface area is 149 Å². The fourth-order valence-electron chi connectivity index (χ4n) is 2.08. The molecule has 130 valence electrons.